The second-order valence-electron chi connectivity index (χ2n) is 11.7. The molecule has 0 aromatic heterocycles. The molecule has 37 heavy (non-hydrogen) atoms. The van der Waals surface area contributed by atoms with E-state index in [2.05, 4.69) is 10.2 Å². The van der Waals surface area contributed by atoms with Crippen LogP contribution in [0.15, 0.2) is 36.4 Å². The Morgan fingerprint density at radius 3 is 2.65 bits per heavy atom. The molecular weight excluding hydrogens is 473 g/mol. The van der Waals surface area contributed by atoms with Gasteiger partial charge in [0.2, 0.25) is 5.91 Å². The Morgan fingerprint density at radius 1 is 1.14 bits per heavy atom. The molecule has 2 aromatic carbocycles. The van der Waals surface area contributed by atoms with Gasteiger partial charge in [-0.25, -0.2) is 4.39 Å². The third-order valence-electron chi connectivity index (χ3n) is 9.67. The highest BCUT2D eigenvalue weighted by atomic mass is 19.1. The van der Waals surface area contributed by atoms with Gasteiger partial charge in [-0.15, -0.1) is 0 Å². The summed E-state index contributed by atoms with van der Waals surface area (Å²) in [4.78, 5) is 27.9. The summed E-state index contributed by atoms with van der Waals surface area (Å²) in [7, 11) is 0. The number of benzene rings is 2. The van der Waals surface area contributed by atoms with E-state index in [1.54, 1.807) is 18.2 Å². The summed E-state index contributed by atoms with van der Waals surface area (Å²) in [5.74, 6) is 0.133. The van der Waals surface area contributed by atoms with Gasteiger partial charge in [0, 0.05) is 18.2 Å². The van der Waals surface area contributed by atoms with Crippen LogP contribution in [0.5, 0.6) is 5.75 Å². The first-order valence-corrected chi connectivity index (χ1v) is 13.4. The normalized spacial score (nSPS) is 33.4. The molecule has 0 unspecified atom stereocenters. The number of piperidine rings is 1. The Hall–Kier alpha value is -2.97. The third-order valence-corrected chi connectivity index (χ3v) is 9.67. The van der Waals surface area contributed by atoms with Crippen molar-refractivity contribution < 1.29 is 23.8 Å². The number of hydrogen-bond acceptors (Lipinski definition) is 5. The van der Waals surface area contributed by atoms with Crippen LogP contribution in [-0.4, -0.2) is 58.7 Å². The summed E-state index contributed by atoms with van der Waals surface area (Å²) in [6.45, 7) is 1.85. The lowest BCUT2D eigenvalue weighted by atomic mass is 9.48. The van der Waals surface area contributed by atoms with Gasteiger partial charge >= 0.3 is 0 Å². The number of nitrogens with two attached hydrogens (primary N) is 1. The maximum atomic E-state index is 13.3. The maximum Gasteiger partial charge on any atom is 0.252 e. The van der Waals surface area contributed by atoms with Gasteiger partial charge < -0.3 is 20.9 Å². The molecular formula is C29H32FN3O4. The minimum Gasteiger partial charge on any atom is -0.486 e. The summed E-state index contributed by atoms with van der Waals surface area (Å²) >= 11 is 0. The third kappa shape index (κ3) is 3.31. The summed E-state index contributed by atoms with van der Waals surface area (Å²) in [5, 5.41) is 15.7. The molecule has 2 aromatic rings. The van der Waals surface area contributed by atoms with Gasteiger partial charge in [0.15, 0.2) is 0 Å². The molecule has 2 aliphatic heterocycles. The van der Waals surface area contributed by atoms with E-state index in [1.807, 2.05) is 6.07 Å². The van der Waals surface area contributed by atoms with Gasteiger partial charge in [-0.1, -0.05) is 18.2 Å². The fourth-order valence-electron chi connectivity index (χ4n) is 7.88. The Kier molecular flexibility index (Phi) is 5.02. The lowest BCUT2D eigenvalue weighted by Gasteiger charge is -2.64. The minimum absolute atomic E-state index is 0.0262. The molecule has 2 amide bonds. The molecule has 7 nitrogen and oxygen atoms in total. The second-order valence-corrected chi connectivity index (χ2v) is 11.7. The molecule has 1 saturated heterocycles. The fraction of sp³-hybridized carbons (Fsp3) is 0.517. The second kappa shape index (κ2) is 8.01. The van der Waals surface area contributed by atoms with Crippen molar-refractivity contribution in [2.24, 2.45) is 11.7 Å². The lowest BCUT2D eigenvalue weighted by molar-refractivity contribution is -0.192. The molecule has 7 rings (SSSR count). The average Bonchev–Trinajstić information content (AvgIpc) is 3.61. The van der Waals surface area contributed by atoms with E-state index in [9.17, 15) is 19.1 Å². The van der Waals surface area contributed by atoms with Crippen molar-refractivity contribution in [1.29, 1.82) is 0 Å². The van der Waals surface area contributed by atoms with Crippen LogP contribution in [0, 0.1) is 11.7 Å². The SMILES string of the molecule is NC(=O)c1ccc2c3c1O[C@H]1[C@H](NC(=O)Cc4ccc(F)cc4)CC[C@@]4(O)[C@@H](C2)N(CC2CC2)CC[C@]314. The summed E-state index contributed by atoms with van der Waals surface area (Å²) < 4.78 is 19.9. The molecule has 4 N–H and O–H groups in total. The molecule has 3 aliphatic carbocycles. The summed E-state index contributed by atoms with van der Waals surface area (Å²) in [6.07, 6.45) is 4.66. The van der Waals surface area contributed by atoms with Gasteiger partial charge in [-0.3, -0.25) is 14.5 Å². The van der Waals surface area contributed by atoms with Crippen molar-refractivity contribution >= 4 is 11.8 Å². The number of hydrogen-bond donors (Lipinski definition) is 3. The van der Waals surface area contributed by atoms with Crippen molar-refractivity contribution in [2.75, 3.05) is 13.1 Å². The first-order valence-electron chi connectivity index (χ1n) is 13.4. The highest BCUT2D eigenvalue weighted by Crippen LogP contribution is 2.64. The van der Waals surface area contributed by atoms with E-state index >= 15 is 0 Å². The molecule has 5 aliphatic rings. The molecule has 194 valence electrons. The predicted octanol–water partition coefficient (Wildman–Crippen LogP) is 2.22. The van der Waals surface area contributed by atoms with Crippen LogP contribution in [0.1, 0.15) is 59.2 Å². The van der Waals surface area contributed by atoms with Gasteiger partial charge in [0.1, 0.15) is 17.7 Å². The maximum absolute atomic E-state index is 13.3. The highest BCUT2D eigenvalue weighted by molar-refractivity contribution is 5.97. The monoisotopic (exact) mass is 505 g/mol. The molecule has 8 heteroatoms. The molecule has 2 bridgehead atoms. The first-order chi connectivity index (χ1) is 17.8. The minimum atomic E-state index is -1.02. The van der Waals surface area contributed by atoms with Crippen molar-refractivity contribution in [1.82, 2.24) is 10.2 Å². The van der Waals surface area contributed by atoms with E-state index in [-0.39, 0.29) is 30.2 Å². The number of halogens is 1. The van der Waals surface area contributed by atoms with Crippen molar-refractivity contribution in [3.05, 3.63) is 64.5 Å². The van der Waals surface area contributed by atoms with Crippen LogP contribution in [0.4, 0.5) is 4.39 Å². The van der Waals surface area contributed by atoms with E-state index in [0.717, 1.165) is 29.8 Å². The summed E-state index contributed by atoms with van der Waals surface area (Å²) in [5.41, 5.74) is 7.12. The Labute approximate surface area is 215 Å². The van der Waals surface area contributed by atoms with Gasteiger partial charge in [0.25, 0.3) is 5.91 Å². The Bertz CT molecular complexity index is 1290. The zero-order valence-electron chi connectivity index (χ0n) is 20.7. The largest absolute Gasteiger partial charge is 0.486 e. The van der Waals surface area contributed by atoms with Crippen molar-refractivity contribution in [3.63, 3.8) is 0 Å². The van der Waals surface area contributed by atoms with Gasteiger partial charge in [-0.05, 0) is 80.3 Å². The number of ether oxygens (including phenoxy) is 1. The number of likely N-dealkylation sites (tertiary alicyclic amines) is 1. The molecule has 2 saturated carbocycles. The Balaban J connectivity index is 1.26. The van der Waals surface area contributed by atoms with Crippen LogP contribution >= 0.6 is 0 Å². The van der Waals surface area contributed by atoms with Gasteiger partial charge in [-0.2, -0.15) is 0 Å². The molecule has 0 radical (unpaired) electrons. The van der Waals surface area contributed by atoms with E-state index in [1.165, 1.54) is 25.0 Å². The number of nitrogens with zero attached hydrogens (tertiary/aromatic N) is 1. The quantitative estimate of drug-likeness (QED) is 0.559. The number of primary amides is 1. The van der Waals surface area contributed by atoms with E-state index in [0.29, 0.717) is 42.9 Å². The predicted molar refractivity (Wildman–Crippen MR) is 134 cm³/mol. The summed E-state index contributed by atoms with van der Waals surface area (Å²) in [6, 6.07) is 9.30. The Morgan fingerprint density at radius 2 is 1.92 bits per heavy atom. The topological polar surface area (TPSA) is 105 Å². The smallest absolute Gasteiger partial charge is 0.252 e. The van der Waals surface area contributed by atoms with Crippen molar-refractivity contribution in [2.45, 2.75) is 74.1 Å². The van der Waals surface area contributed by atoms with Crippen LogP contribution < -0.4 is 15.8 Å². The zero-order valence-corrected chi connectivity index (χ0v) is 20.7. The number of rotatable bonds is 6. The average molecular weight is 506 g/mol. The molecule has 1 spiro atoms. The van der Waals surface area contributed by atoms with E-state index in [4.69, 9.17) is 10.5 Å². The molecule has 3 fully saturated rings. The van der Waals surface area contributed by atoms with E-state index < -0.39 is 23.0 Å². The van der Waals surface area contributed by atoms with Crippen molar-refractivity contribution in [3.8, 4) is 5.75 Å². The fourth-order valence-corrected chi connectivity index (χ4v) is 7.88. The standard InChI is InChI=1S/C29H32FN3O4/c30-19-6-3-16(4-7-19)13-23(34)32-21-9-10-29(36)22-14-18-5-8-20(27(31)35)25-24(18)28(29,26(21)37-25)11-12-33(22)15-17-1-2-17/h3-8,17,21-22,26,36H,1-2,9-15H2,(H2,31,35)(H,32,34)/t21-,22-,26+,28+,29-/m1/s1. The first kappa shape index (κ1) is 23.2. The van der Waals surface area contributed by atoms with Gasteiger partial charge in [0.05, 0.1) is 29.0 Å². The van der Waals surface area contributed by atoms with Crippen LogP contribution in [0.25, 0.3) is 0 Å². The number of carbonyl (C=O) groups excluding carboxylic acids is 2. The number of nitrogens with one attached hydrogen (secondary N) is 1. The number of amides is 2. The number of aliphatic hydroxyl groups is 1. The number of carbonyl (C=O) groups is 2. The zero-order chi connectivity index (χ0) is 25.5. The van der Waals surface area contributed by atoms with Crippen LogP contribution in [-0.2, 0) is 23.1 Å². The van der Waals surface area contributed by atoms with Crippen LogP contribution in [0.3, 0.4) is 0 Å². The lowest BCUT2D eigenvalue weighted by Crippen LogP contribution is -2.78. The molecule has 2 heterocycles. The molecule has 5 atom stereocenters. The highest BCUT2D eigenvalue weighted by Gasteiger charge is 2.73. The van der Waals surface area contributed by atoms with Crippen LogP contribution in [0.2, 0.25) is 0 Å².